The molecule has 0 saturated carbocycles. The summed E-state index contributed by atoms with van der Waals surface area (Å²) in [5.41, 5.74) is 11.9. The van der Waals surface area contributed by atoms with Crippen molar-refractivity contribution in [3.8, 4) is 5.75 Å². The van der Waals surface area contributed by atoms with Gasteiger partial charge in [-0.25, -0.2) is 4.79 Å². The van der Waals surface area contributed by atoms with Gasteiger partial charge in [-0.2, -0.15) is 0 Å². The van der Waals surface area contributed by atoms with Crippen LogP contribution in [0.3, 0.4) is 0 Å². The molecule has 0 fully saturated rings. The summed E-state index contributed by atoms with van der Waals surface area (Å²) < 4.78 is 0. The normalized spacial score (nSPS) is 14.8. The van der Waals surface area contributed by atoms with E-state index >= 15 is 0 Å². The molecule has 0 radical (unpaired) electrons. The van der Waals surface area contributed by atoms with Crippen molar-refractivity contribution in [1.82, 2.24) is 16.0 Å². The molecule has 38 heavy (non-hydrogen) atoms. The third kappa shape index (κ3) is 11.1. The van der Waals surface area contributed by atoms with Gasteiger partial charge in [0.25, 0.3) is 0 Å². The summed E-state index contributed by atoms with van der Waals surface area (Å²) in [5, 5.41) is 35.5. The van der Waals surface area contributed by atoms with E-state index in [4.69, 9.17) is 11.5 Å². The Morgan fingerprint density at radius 2 is 1.42 bits per heavy atom. The highest BCUT2D eigenvalue weighted by atomic mass is 16.4. The molecule has 0 heterocycles. The van der Waals surface area contributed by atoms with Crippen LogP contribution in [0.4, 0.5) is 0 Å². The van der Waals surface area contributed by atoms with Crippen molar-refractivity contribution < 1.29 is 39.3 Å². The predicted molar refractivity (Wildman–Crippen MR) is 138 cm³/mol. The van der Waals surface area contributed by atoms with Crippen LogP contribution < -0.4 is 27.4 Å². The summed E-state index contributed by atoms with van der Waals surface area (Å²) >= 11 is 0. The van der Waals surface area contributed by atoms with Gasteiger partial charge in [0.1, 0.15) is 23.9 Å². The third-order valence-electron chi connectivity index (χ3n) is 6.14. The van der Waals surface area contributed by atoms with Crippen molar-refractivity contribution in [3.63, 3.8) is 0 Å². The van der Waals surface area contributed by atoms with Crippen LogP contribution >= 0.6 is 0 Å². The van der Waals surface area contributed by atoms with Gasteiger partial charge in [0.2, 0.25) is 17.7 Å². The molecule has 0 aliphatic rings. The lowest BCUT2D eigenvalue weighted by Crippen LogP contribution is -2.58. The molecule has 5 unspecified atom stereocenters. The number of carboxylic acids is 2. The Morgan fingerprint density at radius 3 is 1.95 bits per heavy atom. The monoisotopic (exact) mass is 537 g/mol. The highest BCUT2D eigenvalue weighted by molar-refractivity contribution is 5.95. The number of phenolic OH excluding ortho intramolecular Hbond substituents is 1. The Labute approximate surface area is 221 Å². The molecule has 0 saturated heterocycles. The fraction of sp³-hybridized carbons (Fsp3) is 0.560. The molecule has 5 atom stereocenters. The predicted octanol–water partition coefficient (Wildman–Crippen LogP) is -0.549. The summed E-state index contributed by atoms with van der Waals surface area (Å²) in [6.07, 6.45) is 0.829. The van der Waals surface area contributed by atoms with Gasteiger partial charge in [-0.05, 0) is 49.4 Å². The van der Waals surface area contributed by atoms with Gasteiger partial charge in [0.15, 0.2) is 0 Å². The Balaban J connectivity index is 3.16. The van der Waals surface area contributed by atoms with Crippen LogP contribution in [-0.4, -0.2) is 75.7 Å². The Bertz CT molecular complexity index is 956. The molecule has 1 rings (SSSR count). The number of carbonyl (C=O) groups is 5. The molecule has 10 N–H and O–H groups in total. The van der Waals surface area contributed by atoms with E-state index in [0.717, 1.165) is 0 Å². The number of aliphatic carboxylic acids is 2. The van der Waals surface area contributed by atoms with Crippen molar-refractivity contribution in [2.75, 3.05) is 6.54 Å². The topological polar surface area (TPSA) is 234 Å². The summed E-state index contributed by atoms with van der Waals surface area (Å²) in [5.74, 6) is -5.37. The first-order valence-electron chi connectivity index (χ1n) is 12.5. The number of hydrogen-bond acceptors (Lipinski definition) is 8. The molecule has 1 aromatic carbocycles. The molecular formula is C25H39N5O8. The molecule has 212 valence electrons. The molecule has 0 aliphatic heterocycles. The fourth-order valence-electron chi connectivity index (χ4n) is 3.54. The van der Waals surface area contributed by atoms with Crippen molar-refractivity contribution >= 4 is 29.7 Å². The average molecular weight is 538 g/mol. The van der Waals surface area contributed by atoms with Crippen molar-refractivity contribution in [2.45, 2.75) is 76.5 Å². The van der Waals surface area contributed by atoms with E-state index in [9.17, 15) is 39.3 Å². The molecule has 13 heteroatoms. The smallest absolute Gasteiger partial charge is 0.326 e. The van der Waals surface area contributed by atoms with E-state index in [1.807, 2.05) is 6.92 Å². The summed E-state index contributed by atoms with van der Waals surface area (Å²) in [7, 11) is 0. The second-order valence-corrected chi connectivity index (χ2v) is 9.19. The minimum atomic E-state index is -1.54. The van der Waals surface area contributed by atoms with Crippen LogP contribution in [0.1, 0.15) is 51.5 Å². The van der Waals surface area contributed by atoms with E-state index in [-0.39, 0.29) is 24.5 Å². The molecule has 0 spiro atoms. The maximum absolute atomic E-state index is 13.1. The van der Waals surface area contributed by atoms with E-state index in [1.54, 1.807) is 6.92 Å². The van der Waals surface area contributed by atoms with Gasteiger partial charge in [0.05, 0.1) is 12.5 Å². The van der Waals surface area contributed by atoms with Crippen molar-refractivity contribution in [1.29, 1.82) is 0 Å². The first-order chi connectivity index (χ1) is 17.9. The summed E-state index contributed by atoms with van der Waals surface area (Å²) in [6, 6.07) is 0.704. The van der Waals surface area contributed by atoms with E-state index in [2.05, 4.69) is 16.0 Å². The zero-order chi connectivity index (χ0) is 28.8. The number of hydrogen-bond donors (Lipinski definition) is 8. The number of nitrogens with two attached hydrogens (primary N) is 2. The quantitative estimate of drug-likeness (QED) is 0.118. The number of carbonyl (C=O) groups excluding carboxylic acids is 3. The highest BCUT2D eigenvalue weighted by Crippen LogP contribution is 2.13. The molecule has 1 aromatic rings. The highest BCUT2D eigenvalue weighted by Gasteiger charge is 2.32. The van der Waals surface area contributed by atoms with Crippen LogP contribution in [0, 0.1) is 5.92 Å². The SMILES string of the molecule is CCC(C)C(N)C(=O)NC(CC(=O)O)C(=O)NC(Cc1ccc(O)cc1)C(=O)NC(CCCCN)C(=O)O. The van der Waals surface area contributed by atoms with Crippen molar-refractivity contribution in [2.24, 2.45) is 17.4 Å². The second kappa shape index (κ2) is 16.2. The molecule has 0 aromatic heterocycles. The second-order valence-electron chi connectivity index (χ2n) is 9.19. The molecule has 0 aliphatic carbocycles. The number of benzene rings is 1. The maximum atomic E-state index is 13.1. The Morgan fingerprint density at radius 1 is 0.868 bits per heavy atom. The van der Waals surface area contributed by atoms with Gasteiger partial charge < -0.3 is 42.7 Å². The zero-order valence-corrected chi connectivity index (χ0v) is 21.7. The summed E-state index contributed by atoms with van der Waals surface area (Å²) in [4.78, 5) is 61.8. The summed E-state index contributed by atoms with van der Waals surface area (Å²) in [6.45, 7) is 3.92. The third-order valence-corrected chi connectivity index (χ3v) is 6.14. The standard InChI is InChI=1S/C25H39N5O8/c1-3-14(2)21(27)24(36)30-19(13-20(32)33)23(35)29-18(12-15-7-9-16(31)10-8-15)22(34)28-17(25(37)38)6-4-5-11-26/h7-10,14,17-19,21,31H,3-6,11-13,26-27H2,1-2H3,(H,28,34)(H,29,35)(H,30,36)(H,32,33)(H,37,38). The zero-order valence-electron chi connectivity index (χ0n) is 21.7. The van der Waals surface area contributed by atoms with E-state index in [1.165, 1.54) is 24.3 Å². The van der Waals surface area contributed by atoms with Crippen LogP contribution in [0.15, 0.2) is 24.3 Å². The first-order valence-corrected chi connectivity index (χ1v) is 12.5. The minimum Gasteiger partial charge on any atom is -0.508 e. The molecule has 3 amide bonds. The minimum absolute atomic E-state index is 0.0217. The number of carboxylic acid groups (broad SMARTS) is 2. The number of unbranched alkanes of at least 4 members (excludes halogenated alkanes) is 1. The van der Waals surface area contributed by atoms with Crippen LogP contribution in [0.25, 0.3) is 0 Å². The van der Waals surface area contributed by atoms with E-state index in [0.29, 0.717) is 31.4 Å². The number of nitrogens with one attached hydrogen (secondary N) is 3. The lowest BCUT2D eigenvalue weighted by molar-refractivity contribution is -0.143. The number of rotatable bonds is 17. The van der Waals surface area contributed by atoms with Gasteiger partial charge in [-0.15, -0.1) is 0 Å². The maximum Gasteiger partial charge on any atom is 0.326 e. The van der Waals surface area contributed by atoms with Gasteiger partial charge >= 0.3 is 11.9 Å². The molecular weight excluding hydrogens is 498 g/mol. The van der Waals surface area contributed by atoms with Gasteiger partial charge in [-0.1, -0.05) is 32.4 Å². The molecule has 0 bridgehead atoms. The molecule has 13 nitrogen and oxygen atoms in total. The van der Waals surface area contributed by atoms with Crippen LogP contribution in [-0.2, 0) is 30.4 Å². The van der Waals surface area contributed by atoms with Crippen molar-refractivity contribution in [3.05, 3.63) is 29.8 Å². The largest absolute Gasteiger partial charge is 0.508 e. The Kier molecular flexibility index (Phi) is 13.8. The number of aromatic hydroxyl groups is 1. The van der Waals surface area contributed by atoms with Gasteiger partial charge in [-0.3, -0.25) is 19.2 Å². The lowest BCUT2D eigenvalue weighted by Gasteiger charge is -2.25. The van der Waals surface area contributed by atoms with Crippen LogP contribution in [0.2, 0.25) is 0 Å². The lowest BCUT2D eigenvalue weighted by atomic mass is 9.98. The van der Waals surface area contributed by atoms with E-state index < -0.39 is 60.2 Å². The average Bonchev–Trinajstić information content (AvgIpc) is 2.87. The van der Waals surface area contributed by atoms with Gasteiger partial charge in [0, 0.05) is 6.42 Å². The first kappa shape index (κ1) is 32.3. The fourth-order valence-corrected chi connectivity index (χ4v) is 3.54. The van der Waals surface area contributed by atoms with Crippen LogP contribution in [0.5, 0.6) is 5.75 Å². The number of amides is 3. The Hall–Kier alpha value is -3.71. The number of phenols is 1.